The number of quaternary nitrogens is 1. The third kappa shape index (κ3) is 75.9. The standard InChI is InChI=1S/C84H136NO8P/c1-6-8-10-12-14-16-18-20-22-24-26-28-30-32-34-36-37-38-39-40-41-42-43-44-45-46-47-49-51-53-55-57-59-61-63-65-67-69-71-73-75-77-84(87)93-82(81-92-94(88,89)91-79-78-85(3,4)5)80-90-83(86)76-74-72-70-68-66-64-62-60-58-56-54-52-50-48-35-33-31-29-27-25-23-21-19-17-15-13-11-9-7-2/h8-11,14-17,20-23,26-29,32-35,37-38,40-41,43-44,46-47,50-53,82H,6-7,12-13,18-19,24-25,30-31,36,39,42,45,48-49,54-81H2,1-5H3/p+1/b10-8-,11-9-,16-14-,17-15-,22-20-,23-21-,28-26-,29-27-,34-32-,35-33-,38-37-,41-40-,44-43-,47-46-,52-50-,53-51-. The number of carbonyl (C=O) groups excluding carboxylic acids is 2. The molecule has 0 spiro atoms. The smallest absolute Gasteiger partial charge is 0.462 e. The summed E-state index contributed by atoms with van der Waals surface area (Å²) in [5.41, 5.74) is 0. The van der Waals surface area contributed by atoms with Gasteiger partial charge < -0.3 is 18.9 Å². The van der Waals surface area contributed by atoms with Crippen molar-refractivity contribution < 1.29 is 42.1 Å². The van der Waals surface area contributed by atoms with Gasteiger partial charge in [-0.3, -0.25) is 18.6 Å². The number of allylic oxidation sites excluding steroid dienone is 32. The van der Waals surface area contributed by atoms with E-state index < -0.39 is 26.5 Å². The third-order valence-electron chi connectivity index (χ3n) is 15.1. The second-order valence-electron chi connectivity index (χ2n) is 25.2. The number of carbonyl (C=O) groups is 2. The fraction of sp³-hybridized carbons (Fsp3) is 0.595. The predicted molar refractivity (Wildman–Crippen MR) is 408 cm³/mol. The van der Waals surface area contributed by atoms with Crippen LogP contribution in [0.4, 0.5) is 0 Å². The van der Waals surface area contributed by atoms with Gasteiger partial charge in [-0.15, -0.1) is 0 Å². The molecule has 94 heavy (non-hydrogen) atoms. The Labute approximate surface area is 577 Å². The number of esters is 2. The molecule has 10 heteroatoms. The first-order valence-electron chi connectivity index (χ1n) is 37.2. The van der Waals surface area contributed by atoms with E-state index in [2.05, 4.69) is 208 Å². The van der Waals surface area contributed by atoms with Crippen LogP contribution in [0.25, 0.3) is 0 Å². The maximum absolute atomic E-state index is 12.9. The van der Waals surface area contributed by atoms with E-state index in [0.717, 1.165) is 161 Å². The number of nitrogens with zero attached hydrogens (tertiary/aromatic N) is 1. The highest BCUT2D eigenvalue weighted by atomic mass is 31.2. The second-order valence-corrected chi connectivity index (χ2v) is 26.7. The van der Waals surface area contributed by atoms with Gasteiger partial charge in [0.2, 0.25) is 0 Å². The van der Waals surface area contributed by atoms with Crippen LogP contribution >= 0.6 is 7.82 Å². The van der Waals surface area contributed by atoms with Crippen LogP contribution in [0.15, 0.2) is 194 Å². The zero-order chi connectivity index (χ0) is 68.3. The summed E-state index contributed by atoms with van der Waals surface area (Å²) in [4.78, 5) is 35.9. The lowest BCUT2D eigenvalue weighted by atomic mass is 10.0. The van der Waals surface area contributed by atoms with Crippen LogP contribution in [-0.2, 0) is 32.7 Å². The predicted octanol–water partition coefficient (Wildman–Crippen LogP) is 24.8. The molecule has 0 amide bonds. The van der Waals surface area contributed by atoms with E-state index in [9.17, 15) is 19.0 Å². The van der Waals surface area contributed by atoms with Gasteiger partial charge in [-0.25, -0.2) is 4.57 Å². The topological polar surface area (TPSA) is 108 Å². The van der Waals surface area contributed by atoms with Crippen molar-refractivity contribution >= 4 is 19.8 Å². The van der Waals surface area contributed by atoms with Gasteiger partial charge in [-0.05, 0) is 141 Å². The fourth-order valence-electron chi connectivity index (χ4n) is 9.52. The molecule has 0 rings (SSSR count). The maximum atomic E-state index is 12.9. The summed E-state index contributed by atoms with van der Waals surface area (Å²) in [6, 6.07) is 0. The molecule has 0 saturated carbocycles. The van der Waals surface area contributed by atoms with Gasteiger partial charge in [-0.1, -0.05) is 311 Å². The lowest BCUT2D eigenvalue weighted by Crippen LogP contribution is -2.37. The Bertz CT molecular complexity index is 2290. The zero-order valence-corrected chi connectivity index (χ0v) is 61.3. The minimum atomic E-state index is -4.41. The fourth-order valence-corrected chi connectivity index (χ4v) is 10.3. The molecule has 0 aromatic heterocycles. The Morgan fingerprint density at radius 3 is 0.851 bits per heavy atom. The van der Waals surface area contributed by atoms with E-state index in [1.807, 2.05) is 21.1 Å². The summed E-state index contributed by atoms with van der Waals surface area (Å²) in [5, 5.41) is 0. The van der Waals surface area contributed by atoms with Crippen molar-refractivity contribution in [1.29, 1.82) is 0 Å². The van der Waals surface area contributed by atoms with Crippen molar-refractivity contribution in [3.05, 3.63) is 194 Å². The molecule has 0 aliphatic carbocycles. The minimum absolute atomic E-state index is 0.0206. The van der Waals surface area contributed by atoms with Gasteiger partial charge >= 0.3 is 19.8 Å². The highest BCUT2D eigenvalue weighted by molar-refractivity contribution is 7.47. The summed E-state index contributed by atoms with van der Waals surface area (Å²) >= 11 is 0. The van der Waals surface area contributed by atoms with E-state index in [1.165, 1.54) is 77.0 Å². The maximum Gasteiger partial charge on any atom is 0.472 e. The van der Waals surface area contributed by atoms with E-state index in [-0.39, 0.29) is 32.0 Å². The van der Waals surface area contributed by atoms with Crippen LogP contribution in [0.1, 0.15) is 271 Å². The first-order valence-corrected chi connectivity index (χ1v) is 38.7. The molecule has 2 atom stereocenters. The highest BCUT2D eigenvalue weighted by Crippen LogP contribution is 2.43. The van der Waals surface area contributed by atoms with Crippen molar-refractivity contribution in [3.63, 3.8) is 0 Å². The molecule has 2 unspecified atom stereocenters. The van der Waals surface area contributed by atoms with Crippen LogP contribution in [0.5, 0.6) is 0 Å². The third-order valence-corrected chi connectivity index (χ3v) is 16.1. The van der Waals surface area contributed by atoms with Gasteiger partial charge in [-0.2, -0.15) is 0 Å². The van der Waals surface area contributed by atoms with E-state index in [4.69, 9.17) is 18.5 Å². The Hall–Kier alpha value is -5.15. The molecule has 0 radical (unpaired) electrons. The van der Waals surface area contributed by atoms with E-state index in [0.29, 0.717) is 17.4 Å². The van der Waals surface area contributed by atoms with Crippen molar-refractivity contribution in [2.75, 3.05) is 47.5 Å². The molecule has 0 aromatic rings. The molecule has 0 saturated heterocycles. The molecule has 0 aliphatic heterocycles. The van der Waals surface area contributed by atoms with Gasteiger partial charge in [0.1, 0.15) is 19.8 Å². The van der Waals surface area contributed by atoms with Crippen molar-refractivity contribution in [2.24, 2.45) is 0 Å². The molecule has 0 heterocycles. The summed E-state index contributed by atoms with van der Waals surface area (Å²) in [7, 11) is 1.45. The minimum Gasteiger partial charge on any atom is -0.462 e. The highest BCUT2D eigenvalue weighted by Gasteiger charge is 2.27. The summed E-state index contributed by atoms with van der Waals surface area (Å²) < 4.78 is 34.7. The SMILES string of the molecule is CC/C=C\C/C=C\C/C=C\C/C=C\C/C=C\C/C=C\C/C=C\C/C=C\C/C=C\C/C=C\CCCCCCCCCCCCC(=O)OC(COC(=O)CCCCCCCCCCCC/C=C\C/C=C\C/C=C\C/C=C\C/C=C\C/C=C\CC)COP(=O)(O)OCC[N+](C)(C)C. The van der Waals surface area contributed by atoms with Gasteiger partial charge in [0.05, 0.1) is 27.7 Å². The van der Waals surface area contributed by atoms with E-state index >= 15 is 0 Å². The van der Waals surface area contributed by atoms with Crippen LogP contribution in [-0.4, -0.2) is 74.9 Å². The summed E-state index contributed by atoms with van der Waals surface area (Å²) in [6.07, 6.45) is 112. The Morgan fingerprint density at radius 1 is 0.330 bits per heavy atom. The number of rotatable bonds is 66. The number of hydrogen-bond acceptors (Lipinski definition) is 7. The molecular formula is C84H137NO8P+. The number of hydrogen-bond donors (Lipinski definition) is 1. The van der Waals surface area contributed by atoms with Crippen LogP contribution in [0.2, 0.25) is 0 Å². The number of ether oxygens (including phenoxy) is 2. The average Bonchev–Trinajstić information content (AvgIpc) is 1.57. The number of unbranched alkanes of at least 4 members (excludes halogenated alkanes) is 20. The molecule has 0 aliphatic rings. The van der Waals surface area contributed by atoms with Crippen molar-refractivity contribution in [3.8, 4) is 0 Å². The number of phosphoric ester groups is 1. The zero-order valence-electron chi connectivity index (χ0n) is 60.4. The normalized spacial score (nSPS) is 14.2. The molecule has 0 bridgehead atoms. The van der Waals surface area contributed by atoms with E-state index in [1.54, 1.807) is 0 Å². The molecule has 0 aromatic carbocycles. The first-order chi connectivity index (χ1) is 46.0. The van der Waals surface area contributed by atoms with Crippen LogP contribution in [0, 0.1) is 0 Å². The largest absolute Gasteiger partial charge is 0.472 e. The Balaban J connectivity index is 4.11. The first kappa shape index (κ1) is 88.8. The van der Waals surface area contributed by atoms with Gasteiger partial charge in [0.25, 0.3) is 0 Å². The lowest BCUT2D eigenvalue weighted by molar-refractivity contribution is -0.870. The average molecular weight is 1320 g/mol. The number of phosphoric acid groups is 1. The second kappa shape index (κ2) is 72.1. The molecule has 9 nitrogen and oxygen atoms in total. The molecule has 530 valence electrons. The van der Waals surface area contributed by atoms with Crippen LogP contribution < -0.4 is 0 Å². The molecular weight excluding hydrogens is 1180 g/mol. The van der Waals surface area contributed by atoms with Crippen LogP contribution in [0.3, 0.4) is 0 Å². The van der Waals surface area contributed by atoms with Crippen molar-refractivity contribution in [1.82, 2.24) is 0 Å². The summed E-state index contributed by atoms with van der Waals surface area (Å²) in [5.74, 6) is -0.817. The number of likely N-dealkylation sites (N-methyl/N-ethyl adjacent to an activating group) is 1. The lowest BCUT2D eigenvalue weighted by Gasteiger charge is -2.24. The Morgan fingerprint density at radius 2 is 0.574 bits per heavy atom. The monoisotopic (exact) mass is 1320 g/mol. The van der Waals surface area contributed by atoms with Crippen molar-refractivity contribution in [2.45, 2.75) is 277 Å². The summed E-state index contributed by atoms with van der Waals surface area (Å²) in [6.45, 7) is 4.18. The Kier molecular flexibility index (Phi) is 68.2. The quantitative estimate of drug-likeness (QED) is 0.0211. The molecule has 1 N–H and O–H groups in total. The molecule has 0 fully saturated rings. The van der Waals surface area contributed by atoms with Gasteiger partial charge in [0, 0.05) is 12.8 Å². The van der Waals surface area contributed by atoms with Gasteiger partial charge in [0.15, 0.2) is 6.10 Å².